The summed E-state index contributed by atoms with van der Waals surface area (Å²) >= 11 is 0. The molecule has 0 amide bonds. The van der Waals surface area contributed by atoms with Gasteiger partial charge in [0.2, 0.25) is 0 Å². The van der Waals surface area contributed by atoms with E-state index in [9.17, 15) is 0 Å². The van der Waals surface area contributed by atoms with Gasteiger partial charge >= 0.3 is 0 Å². The Morgan fingerprint density at radius 2 is 1.72 bits per heavy atom. The van der Waals surface area contributed by atoms with Crippen LogP contribution in [-0.4, -0.2) is 33.6 Å². The van der Waals surface area contributed by atoms with Crippen LogP contribution in [0.25, 0.3) is 22.2 Å². The molecule has 25 heavy (non-hydrogen) atoms. The summed E-state index contributed by atoms with van der Waals surface area (Å²) < 4.78 is 2.45. The second-order valence-corrected chi connectivity index (χ2v) is 7.62. The van der Waals surface area contributed by atoms with Crippen molar-refractivity contribution in [2.45, 2.75) is 45.2 Å². The van der Waals surface area contributed by atoms with E-state index in [1.54, 1.807) is 0 Å². The van der Waals surface area contributed by atoms with Gasteiger partial charge in [-0.25, -0.2) is 4.98 Å². The molecule has 3 nitrogen and oxygen atoms in total. The lowest BCUT2D eigenvalue weighted by Crippen LogP contribution is -2.41. The van der Waals surface area contributed by atoms with Crippen LogP contribution < -0.4 is 0 Å². The summed E-state index contributed by atoms with van der Waals surface area (Å²) in [4.78, 5) is 7.68. The highest BCUT2D eigenvalue weighted by molar-refractivity contribution is 5.82. The lowest BCUT2D eigenvalue weighted by atomic mass is 9.91. The minimum absolute atomic E-state index is 0.837. The van der Waals surface area contributed by atoms with Crippen molar-refractivity contribution in [3.05, 3.63) is 53.9 Å². The molecular formula is C22H25N3. The molecule has 0 saturated heterocycles. The number of aromatic nitrogens is 2. The Bertz CT molecular complexity index is 903. The van der Waals surface area contributed by atoms with E-state index in [-0.39, 0.29) is 0 Å². The molecule has 5 rings (SSSR count). The maximum Gasteiger partial charge on any atom is 0.111 e. The molecule has 0 bridgehead atoms. The van der Waals surface area contributed by atoms with Crippen molar-refractivity contribution in [2.24, 2.45) is 0 Å². The summed E-state index contributed by atoms with van der Waals surface area (Å²) in [5.74, 6) is 1.26. The van der Waals surface area contributed by atoms with Crippen LogP contribution >= 0.6 is 0 Å². The van der Waals surface area contributed by atoms with Crippen LogP contribution in [0.5, 0.6) is 0 Å². The standard InChI is InChI=1S/C22H25N3/c1-16-5-7-17(8-6-16)18-9-10-21-20(15-18)23-22-11-12-24(13-14-25(21)22)19-3-2-4-19/h5-10,15,19H,2-4,11-14H2,1H3. The summed E-state index contributed by atoms with van der Waals surface area (Å²) in [6.07, 6.45) is 5.27. The highest BCUT2D eigenvalue weighted by atomic mass is 15.2. The Labute approximate surface area is 149 Å². The van der Waals surface area contributed by atoms with Gasteiger partial charge in [0.25, 0.3) is 0 Å². The largest absolute Gasteiger partial charge is 0.327 e. The zero-order valence-electron chi connectivity index (χ0n) is 14.9. The molecule has 0 atom stereocenters. The van der Waals surface area contributed by atoms with E-state index in [0.29, 0.717) is 0 Å². The fourth-order valence-electron chi connectivity index (χ4n) is 4.25. The zero-order valence-corrected chi connectivity index (χ0v) is 14.9. The van der Waals surface area contributed by atoms with Gasteiger partial charge in [-0.05, 0) is 43.0 Å². The molecular weight excluding hydrogens is 306 g/mol. The fraction of sp³-hybridized carbons (Fsp3) is 0.409. The van der Waals surface area contributed by atoms with Crippen molar-refractivity contribution >= 4 is 11.0 Å². The molecule has 0 spiro atoms. The van der Waals surface area contributed by atoms with Gasteiger partial charge in [0.1, 0.15) is 5.82 Å². The molecule has 0 radical (unpaired) electrons. The van der Waals surface area contributed by atoms with Crippen molar-refractivity contribution in [1.82, 2.24) is 14.5 Å². The van der Waals surface area contributed by atoms with Crippen LogP contribution in [0.1, 0.15) is 30.7 Å². The third-order valence-electron chi connectivity index (χ3n) is 6.04. The van der Waals surface area contributed by atoms with Gasteiger partial charge in [0, 0.05) is 32.1 Å². The molecule has 0 N–H and O–H groups in total. The van der Waals surface area contributed by atoms with E-state index < -0.39 is 0 Å². The molecule has 2 heterocycles. The number of nitrogens with zero attached hydrogens (tertiary/aromatic N) is 3. The van der Waals surface area contributed by atoms with Gasteiger partial charge < -0.3 is 4.57 Å². The van der Waals surface area contributed by atoms with Gasteiger partial charge in [0.15, 0.2) is 0 Å². The summed E-state index contributed by atoms with van der Waals surface area (Å²) in [6.45, 7) is 5.54. The van der Waals surface area contributed by atoms with Crippen LogP contribution in [-0.2, 0) is 13.0 Å². The predicted molar refractivity (Wildman–Crippen MR) is 103 cm³/mol. The Kier molecular flexibility index (Phi) is 3.63. The van der Waals surface area contributed by atoms with Crippen LogP contribution in [0.15, 0.2) is 42.5 Å². The van der Waals surface area contributed by atoms with E-state index in [1.165, 1.54) is 60.4 Å². The predicted octanol–water partition coefficient (Wildman–Crippen LogP) is 4.42. The van der Waals surface area contributed by atoms with Crippen LogP contribution in [0.3, 0.4) is 0 Å². The SMILES string of the molecule is Cc1ccc(-c2ccc3c(c2)nc2n3CCN(C3CCC3)CC2)cc1. The van der Waals surface area contributed by atoms with E-state index in [4.69, 9.17) is 4.98 Å². The normalized spacial score (nSPS) is 18.8. The molecule has 128 valence electrons. The fourth-order valence-corrected chi connectivity index (χ4v) is 4.25. The van der Waals surface area contributed by atoms with Gasteiger partial charge in [-0.1, -0.05) is 42.3 Å². The molecule has 0 unspecified atom stereocenters. The van der Waals surface area contributed by atoms with Crippen LogP contribution in [0.4, 0.5) is 0 Å². The van der Waals surface area contributed by atoms with Gasteiger partial charge in [0.05, 0.1) is 11.0 Å². The van der Waals surface area contributed by atoms with Gasteiger partial charge in [-0.2, -0.15) is 0 Å². The quantitative estimate of drug-likeness (QED) is 0.693. The summed E-state index contributed by atoms with van der Waals surface area (Å²) in [5, 5.41) is 0. The second-order valence-electron chi connectivity index (χ2n) is 7.62. The molecule has 1 aliphatic heterocycles. The van der Waals surface area contributed by atoms with Crippen LogP contribution in [0.2, 0.25) is 0 Å². The summed E-state index contributed by atoms with van der Waals surface area (Å²) in [5.41, 5.74) is 6.27. The number of hydrogen-bond donors (Lipinski definition) is 0. The smallest absolute Gasteiger partial charge is 0.111 e. The second kappa shape index (κ2) is 5.99. The van der Waals surface area contributed by atoms with Crippen LogP contribution in [0, 0.1) is 6.92 Å². The molecule has 2 aromatic carbocycles. The average Bonchev–Trinajstić information content (AvgIpc) is 2.80. The summed E-state index contributed by atoms with van der Waals surface area (Å²) in [7, 11) is 0. The number of hydrogen-bond acceptors (Lipinski definition) is 2. The van der Waals surface area contributed by atoms with E-state index in [0.717, 1.165) is 24.5 Å². The topological polar surface area (TPSA) is 21.1 Å². The maximum atomic E-state index is 4.99. The Morgan fingerprint density at radius 3 is 2.48 bits per heavy atom. The third-order valence-corrected chi connectivity index (χ3v) is 6.04. The first kappa shape index (κ1) is 15.2. The minimum Gasteiger partial charge on any atom is -0.327 e. The number of benzene rings is 2. The Morgan fingerprint density at radius 1 is 0.920 bits per heavy atom. The Hall–Kier alpha value is -2.13. The maximum absolute atomic E-state index is 4.99. The van der Waals surface area contributed by atoms with E-state index in [1.807, 2.05) is 0 Å². The molecule has 3 aromatic rings. The highest BCUT2D eigenvalue weighted by Gasteiger charge is 2.27. The van der Waals surface area contributed by atoms with Crippen molar-refractivity contribution in [3.8, 4) is 11.1 Å². The van der Waals surface area contributed by atoms with E-state index >= 15 is 0 Å². The molecule has 1 saturated carbocycles. The Balaban J connectivity index is 1.46. The van der Waals surface area contributed by atoms with Gasteiger partial charge in [-0.3, -0.25) is 4.90 Å². The highest BCUT2D eigenvalue weighted by Crippen LogP contribution is 2.29. The first-order valence-corrected chi connectivity index (χ1v) is 9.58. The average molecular weight is 331 g/mol. The summed E-state index contributed by atoms with van der Waals surface area (Å²) in [6, 6.07) is 16.4. The van der Waals surface area contributed by atoms with Crippen molar-refractivity contribution in [1.29, 1.82) is 0 Å². The molecule has 1 aromatic heterocycles. The monoisotopic (exact) mass is 331 g/mol. The lowest BCUT2D eigenvalue weighted by Gasteiger charge is -2.36. The van der Waals surface area contributed by atoms with Gasteiger partial charge in [-0.15, -0.1) is 0 Å². The molecule has 1 aliphatic carbocycles. The zero-order chi connectivity index (χ0) is 16.8. The molecule has 1 fully saturated rings. The minimum atomic E-state index is 0.837. The lowest BCUT2D eigenvalue weighted by molar-refractivity contribution is 0.130. The number of rotatable bonds is 2. The van der Waals surface area contributed by atoms with Crippen molar-refractivity contribution in [2.75, 3.05) is 13.1 Å². The van der Waals surface area contributed by atoms with Crippen molar-refractivity contribution in [3.63, 3.8) is 0 Å². The number of aryl methyl sites for hydroxylation is 1. The molecule has 2 aliphatic rings. The first-order valence-electron chi connectivity index (χ1n) is 9.58. The number of imidazole rings is 1. The number of fused-ring (bicyclic) bond motifs is 3. The van der Waals surface area contributed by atoms with E-state index in [2.05, 4.69) is 58.9 Å². The van der Waals surface area contributed by atoms with Crippen molar-refractivity contribution < 1.29 is 0 Å². The molecule has 3 heteroatoms. The third kappa shape index (κ3) is 2.67. The first-order chi connectivity index (χ1) is 12.3.